The van der Waals surface area contributed by atoms with Crippen LogP contribution in [0.25, 0.3) is 0 Å². The van der Waals surface area contributed by atoms with Gasteiger partial charge in [-0.2, -0.15) is 0 Å². The summed E-state index contributed by atoms with van der Waals surface area (Å²) in [6.45, 7) is 5.39. The zero-order valence-corrected chi connectivity index (χ0v) is 11.8. The fourth-order valence-electron chi connectivity index (χ4n) is 2.51. The van der Waals surface area contributed by atoms with Gasteiger partial charge in [0, 0.05) is 13.1 Å². The van der Waals surface area contributed by atoms with Gasteiger partial charge in [0.25, 0.3) is 0 Å². The molecule has 1 unspecified atom stereocenters. The van der Waals surface area contributed by atoms with Gasteiger partial charge in [0.15, 0.2) is 0 Å². The van der Waals surface area contributed by atoms with Gasteiger partial charge in [-0.05, 0) is 37.8 Å². The number of carbonyl (C=O) groups excluding carboxylic acids is 1. The molecule has 2 rings (SSSR count). The summed E-state index contributed by atoms with van der Waals surface area (Å²) in [6, 6.07) is 4.78. The number of anilines is 1. The molecule has 1 fully saturated rings. The van der Waals surface area contributed by atoms with E-state index in [4.69, 9.17) is 0 Å². The average Bonchev–Trinajstić information content (AvgIpc) is 2.40. The number of nitrogens with one attached hydrogen (secondary N) is 1. The van der Waals surface area contributed by atoms with E-state index in [1.54, 1.807) is 23.1 Å². The minimum absolute atomic E-state index is 0.128. The minimum atomic E-state index is -1.03. The molecule has 20 heavy (non-hydrogen) atoms. The van der Waals surface area contributed by atoms with Crippen LogP contribution in [-0.2, 0) is 0 Å². The Morgan fingerprint density at radius 1 is 1.40 bits per heavy atom. The van der Waals surface area contributed by atoms with E-state index in [0.717, 1.165) is 31.5 Å². The quantitative estimate of drug-likeness (QED) is 0.872. The Morgan fingerprint density at radius 2 is 2.15 bits per heavy atom. The van der Waals surface area contributed by atoms with Gasteiger partial charge >= 0.3 is 12.0 Å². The lowest BCUT2D eigenvalue weighted by Crippen LogP contribution is -2.41. The molecule has 5 nitrogen and oxygen atoms in total. The van der Waals surface area contributed by atoms with E-state index in [9.17, 15) is 14.7 Å². The zero-order chi connectivity index (χ0) is 14.7. The highest BCUT2D eigenvalue weighted by molar-refractivity contribution is 6.00. The van der Waals surface area contributed by atoms with Gasteiger partial charge in [0.05, 0.1) is 11.3 Å². The number of rotatable bonds is 2. The number of carboxylic acids is 1. The Bertz CT molecular complexity index is 528. The smallest absolute Gasteiger partial charge is 0.337 e. The number of likely N-dealkylation sites (tertiary alicyclic amines) is 1. The van der Waals surface area contributed by atoms with E-state index in [1.165, 1.54) is 0 Å². The molecular formula is C15H20N2O3. The van der Waals surface area contributed by atoms with Gasteiger partial charge in [-0.25, -0.2) is 9.59 Å². The molecule has 0 radical (unpaired) electrons. The Hall–Kier alpha value is -2.04. The third kappa shape index (κ3) is 3.29. The van der Waals surface area contributed by atoms with Crippen LogP contribution in [-0.4, -0.2) is 35.1 Å². The summed E-state index contributed by atoms with van der Waals surface area (Å²) in [6.07, 6.45) is 2.13. The maximum atomic E-state index is 12.2. The number of carbonyl (C=O) groups is 2. The molecule has 1 aliphatic heterocycles. The van der Waals surface area contributed by atoms with E-state index in [0.29, 0.717) is 11.6 Å². The summed E-state index contributed by atoms with van der Waals surface area (Å²) in [5.41, 5.74) is 1.33. The van der Waals surface area contributed by atoms with Crippen molar-refractivity contribution >= 4 is 17.7 Å². The lowest BCUT2D eigenvalue weighted by molar-refractivity contribution is 0.0698. The number of piperidine rings is 1. The summed E-state index contributed by atoms with van der Waals surface area (Å²) < 4.78 is 0. The van der Waals surface area contributed by atoms with Gasteiger partial charge in [0.1, 0.15) is 0 Å². The first-order valence-electron chi connectivity index (χ1n) is 6.87. The van der Waals surface area contributed by atoms with Crippen molar-refractivity contribution in [2.45, 2.75) is 26.7 Å². The van der Waals surface area contributed by atoms with E-state index >= 15 is 0 Å². The van der Waals surface area contributed by atoms with Crippen molar-refractivity contribution in [3.63, 3.8) is 0 Å². The van der Waals surface area contributed by atoms with Crippen LogP contribution >= 0.6 is 0 Å². The van der Waals surface area contributed by atoms with Gasteiger partial charge in [-0.3, -0.25) is 0 Å². The number of benzene rings is 1. The molecule has 1 atom stereocenters. The van der Waals surface area contributed by atoms with Crippen LogP contribution in [0.15, 0.2) is 18.2 Å². The number of hydrogen-bond donors (Lipinski definition) is 2. The molecule has 0 bridgehead atoms. The van der Waals surface area contributed by atoms with Crippen molar-refractivity contribution in [1.29, 1.82) is 0 Å². The van der Waals surface area contributed by atoms with Crippen molar-refractivity contribution in [1.82, 2.24) is 4.90 Å². The van der Waals surface area contributed by atoms with Crippen LogP contribution in [0.1, 0.15) is 35.7 Å². The number of aromatic carboxylic acids is 1. The summed E-state index contributed by atoms with van der Waals surface area (Å²) >= 11 is 0. The molecule has 2 N–H and O–H groups in total. The molecule has 1 saturated heterocycles. The summed E-state index contributed by atoms with van der Waals surface area (Å²) in [5.74, 6) is -0.539. The van der Waals surface area contributed by atoms with Gasteiger partial charge in [-0.15, -0.1) is 0 Å². The number of nitrogens with zero attached hydrogens (tertiary/aromatic N) is 1. The Morgan fingerprint density at radius 3 is 2.80 bits per heavy atom. The fraction of sp³-hybridized carbons (Fsp3) is 0.467. The maximum Gasteiger partial charge on any atom is 0.337 e. The molecule has 1 heterocycles. The number of hydrogen-bond acceptors (Lipinski definition) is 2. The van der Waals surface area contributed by atoms with E-state index in [2.05, 4.69) is 12.2 Å². The van der Waals surface area contributed by atoms with E-state index < -0.39 is 5.97 Å². The second kappa shape index (κ2) is 5.94. The summed E-state index contributed by atoms with van der Waals surface area (Å²) in [5, 5.41) is 11.9. The first-order valence-corrected chi connectivity index (χ1v) is 6.87. The first kappa shape index (κ1) is 14.4. The lowest BCUT2D eigenvalue weighted by Gasteiger charge is -2.31. The predicted octanol–water partition coefficient (Wildman–Crippen LogP) is 2.96. The second-order valence-electron chi connectivity index (χ2n) is 5.48. The largest absolute Gasteiger partial charge is 0.478 e. The van der Waals surface area contributed by atoms with Crippen LogP contribution in [0.3, 0.4) is 0 Å². The topological polar surface area (TPSA) is 69.6 Å². The lowest BCUT2D eigenvalue weighted by atomic mass is 10.0. The summed E-state index contributed by atoms with van der Waals surface area (Å²) in [4.78, 5) is 25.2. The highest BCUT2D eigenvalue weighted by Gasteiger charge is 2.22. The average molecular weight is 276 g/mol. The van der Waals surface area contributed by atoms with Crippen LogP contribution in [0.5, 0.6) is 0 Å². The van der Waals surface area contributed by atoms with Crippen molar-refractivity contribution in [2.24, 2.45) is 5.92 Å². The first-order chi connectivity index (χ1) is 9.47. The molecular weight excluding hydrogens is 256 g/mol. The second-order valence-corrected chi connectivity index (χ2v) is 5.48. The zero-order valence-electron chi connectivity index (χ0n) is 11.8. The molecule has 1 aromatic carbocycles. The molecule has 0 spiro atoms. The molecule has 5 heteroatoms. The number of urea groups is 1. The Balaban J connectivity index is 2.13. The van der Waals surface area contributed by atoms with Crippen LogP contribution in [0, 0.1) is 12.8 Å². The highest BCUT2D eigenvalue weighted by atomic mass is 16.4. The van der Waals surface area contributed by atoms with Crippen LogP contribution in [0.2, 0.25) is 0 Å². The summed E-state index contributed by atoms with van der Waals surface area (Å²) in [7, 11) is 0. The van der Waals surface area contributed by atoms with E-state index in [-0.39, 0.29) is 11.6 Å². The van der Waals surface area contributed by atoms with Gasteiger partial charge < -0.3 is 15.3 Å². The minimum Gasteiger partial charge on any atom is -0.478 e. The fourth-order valence-corrected chi connectivity index (χ4v) is 2.51. The number of carboxylic acid groups (broad SMARTS) is 1. The van der Waals surface area contributed by atoms with Crippen molar-refractivity contribution < 1.29 is 14.7 Å². The van der Waals surface area contributed by atoms with Gasteiger partial charge in [-0.1, -0.05) is 18.6 Å². The Kier molecular flexibility index (Phi) is 4.27. The molecule has 1 aromatic rings. The van der Waals surface area contributed by atoms with E-state index in [1.807, 2.05) is 6.92 Å². The normalized spacial score (nSPS) is 18.7. The molecule has 0 aliphatic carbocycles. The van der Waals surface area contributed by atoms with Crippen molar-refractivity contribution in [3.8, 4) is 0 Å². The van der Waals surface area contributed by atoms with Gasteiger partial charge in [0.2, 0.25) is 0 Å². The third-order valence-corrected chi connectivity index (χ3v) is 3.59. The number of amides is 2. The molecule has 2 amide bonds. The van der Waals surface area contributed by atoms with Crippen molar-refractivity contribution in [3.05, 3.63) is 29.3 Å². The SMILES string of the molecule is Cc1ccc(NC(=O)N2CCCC(C)C2)c(C(=O)O)c1. The Labute approximate surface area is 118 Å². The molecule has 1 aliphatic rings. The molecule has 0 aromatic heterocycles. The molecule has 108 valence electrons. The monoisotopic (exact) mass is 276 g/mol. The number of aryl methyl sites for hydroxylation is 1. The standard InChI is InChI=1S/C15H20N2O3/c1-10-5-6-13(12(8-10)14(18)19)16-15(20)17-7-3-4-11(2)9-17/h5-6,8,11H,3-4,7,9H2,1-2H3,(H,16,20)(H,18,19). The van der Waals surface area contributed by atoms with Crippen LogP contribution in [0.4, 0.5) is 10.5 Å². The third-order valence-electron chi connectivity index (χ3n) is 3.59. The van der Waals surface area contributed by atoms with Crippen LogP contribution < -0.4 is 5.32 Å². The highest BCUT2D eigenvalue weighted by Crippen LogP contribution is 2.20. The van der Waals surface area contributed by atoms with Crippen molar-refractivity contribution in [2.75, 3.05) is 18.4 Å². The maximum absolute atomic E-state index is 12.2. The predicted molar refractivity (Wildman–Crippen MR) is 77.1 cm³/mol. The molecule has 0 saturated carbocycles.